The van der Waals surface area contributed by atoms with Crippen LogP contribution in [0.4, 0.5) is 0 Å². The molecule has 1 unspecified atom stereocenters. The average Bonchev–Trinajstić information content (AvgIpc) is 2.16. The number of benzene rings is 1. The van der Waals surface area contributed by atoms with Gasteiger partial charge in [-0.2, -0.15) is 0 Å². The van der Waals surface area contributed by atoms with Crippen molar-refractivity contribution in [1.82, 2.24) is 0 Å². The second kappa shape index (κ2) is 4.87. The van der Waals surface area contributed by atoms with Crippen LogP contribution >= 0.6 is 27.5 Å². The Bertz CT molecular complexity index is 288. The van der Waals surface area contributed by atoms with Crippen LogP contribution in [0.1, 0.15) is 24.3 Å². The van der Waals surface area contributed by atoms with E-state index in [9.17, 15) is 0 Å². The lowest BCUT2D eigenvalue weighted by Crippen LogP contribution is -1.90. The van der Waals surface area contributed by atoms with Crippen LogP contribution in [-0.4, -0.2) is 7.11 Å². The molecule has 0 aliphatic carbocycles. The summed E-state index contributed by atoms with van der Waals surface area (Å²) in [6.07, 6.45) is 0.931. The molecule has 1 aromatic rings. The fourth-order valence-electron chi connectivity index (χ4n) is 1.11. The van der Waals surface area contributed by atoms with Crippen molar-refractivity contribution >= 4 is 27.5 Å². The number of ether oxygens (including phenoxy) is 1. The molecule has 0 aliphatic heterocycles. The summed E-state index contributed by atoms with van der Waals surface area (Å²) >= 11 is 9.52. The van der Waals surface area contributed by atoms with E-state index in [-0.39, 0.29) is 5.38 Å². The molecular formula is C10H12BrClO. The van der Waals surface area contributed by atoms with E-state index in [2.05, 4.69) is 22.9 Å². The van der Waals surface area contributed by atoms with E-state index in [0.717, 1.165) is 22.2 Å². The summed E-state index contributed by atoms with van der Waals surface area (Å²) in [5, 5.41) is 0.0854. The Balaban J connectivity index is 2.95. The maximum atomic E-state index is 6.10. The largest absolute Gasteiger partial charge is 0.496 e. The summed E-state index contributed by atoms with van der Waals surface area (Å²) in [7, 11) is 1.65. The second-order valence-electron chi connectivity index (χ2n) is 2.77. The zero-order valence-electron chi connectivity index (χ0n) is 7.68. The van der Waals surface area contributed by atoms with Crippen molar-refractivity contribution in [2.24, 2.45) is 0 Å². The molecule has 1 rings (SSSR count). The molecule has 0 aromatic heterocycles. The first-order chi connectivity index (χ1) is 6.19. The van der Waals surface area contributed by atoms with E-state index in [1.165, 1.54) is 0 Å². The van der Waals surface area contributed by atoms with E-state index in [4.69, 9.17) is 16.3 Å². The lowest BCUT2D eigenvalue weighted by molar-refractivity contribution is 0.412. The van der Waals surface area contributed by atoms with Gasteiger partial charge in [0, 0.05) is 0 Å². The van der Waals surface area contributed by atoms with Crippen molar-refractivity contribution in [3.63, 3.8) is 0 Å². The number of hydrogen-bond donors (Lipinski definition) is 0. The molecule has 0 radical (unpaired) electrons. The minimum Gasteiger partial charge on any atom is -0.496 e. The van der Waals surface area contributed by atoms with Gasteiger partial charge in [-0.15, -0.1) is 11.6 Å². The molecule has 1 atom stereocenters. The van der Waals surface area contributed by atoms with Crippen molar-refractivity contribution in [1.29, 1.82) is 0 Å². The highest BCUT2D eigenvalue weighted by Crippen LogP contribution is 2.31. The Kier molecular flexibility index (Phi) is 4.07. The Morgan fingerprint density at radius 1 is 1.54 bits per heavy atom. The van der Waals surface area contributed by atoms with Gasteiger partial charge in [0.1, 0.15) is 5.75 Å². The highest BCUT2D eigenvalue weighted by molar-refractivity contribution is 9.10. The first-order valence-electron chi connectivity index (χ1n) is 4.16. The molecule has 0 bridgehead atoms. The van der Waals surface area contributed by atoms with Crippen LogP contribution in [0.25, 0.3) is 0 Å². The predicted octanol–water partition coefficient (Wildman–Crippen LogP) is 4.15. The fraction of sp³-hybridized carbons (Fsp3) is 0.400. The molecule has 3 heteroatoms. The molecule has 0 spiro atoms. The maximum Gasteiger partial charge on any atom is 0.133 e. The Morgan fingerprint density at radius 3 is 2.69 bits per heavy atom. The molecule has 1 aromatic carbocycles. The van der Waals surface area contributed by atoms with Crippen LogP contribution < -0.4 is 4.74 Å². The fourth-order valence-corrected chi connectivity index (χ4v) is 1.81. The number of halogens is 2. The van der Waals surface area contributed by atoms with Gasteiger partial charge < -0.3 is 4.74 Å². The quantitative estimate of drug-likeness (QED) is 0.745. The molecule has 1 nitrogen and oxygen atoms in total. The lowest BCUT2D eigenvalue weighted by atomic mass is 10.1. The average molecular weight is 264 g/mol. The minimum atomic E-state index is 0.0854. The Hall–Kier alpha value is -0.210. The third-order valence-corrected chi connectivity index (χ3v) is 3.08. The van der Waals surface area contributed by atoms with E-state index in [0.29, 0.717) is 0 Å². The number of hydrogen-bond acceptors (Lipinski definition) is 1. The second-order valence-corrected chi connectivity index (χ2v) is 4.15. The van der Waals surface area contributed by atoms with Crippen molar-refractivity contribution in [2.75, 3.05) is 7.11 Å². The summed E-state index contributed by atoms with van der Waals surface area (Å²) in [6, 6.07) is 5.91. The smallest absolute Gasteiger partial charge is 0.133 e. The van der Waals surface area contributed by atoms with Gasteiger partial charge >= 0.3 is 0 Å². The van der Waals surface area contributed by atoms with Crippen molar-refractivity contribution in [2.45, 2.75) is 18.7 Å². The zero-order valence-corrected chi connectivity index (χ0v) is 10.0. The molecule has 0 heterocycles. The van der Waals surface area contributed by atoms with Gasteiger partial charge in [-0.1, -0.05) is 13.0 Å². The Morgan fingerprint density at radius 2 is 2.23 bits per heavy atom. The lowest BCUT2D eigenvalue weighted by Gasteiger charge is -2.09. The molecule has 0 saturated heterocycles. The summed E-state index contributed by atoms with van der Waals surface area (Å²) in [4.78, 5) is 0. The van der Waals surface area contributed by atoms with Gasteiger partial charge in [-0.3, -0.25) is 0 Å². The van der Waals surface area contributed by atoms with E-state index in [1.54, 1.807) is 7.11 Å². The molecule has 0 fully saturated rings. The number of methoxy groups -OCH3 is 1. The number of alkyl halides is 1. The van der Waals surface area contributed by atoms with Gasteiger partial charge in [0.15, 0.2) is 0 Å². The van der Waals surface area contributed by atoms with Crippen molar-refractivity contribution < 1.29 is 4.74 Å². The SMILES string of the molecule is CCC(Cl)c1ccc(OC)c(Br)c1. The molecule has 0 aliphatic rings. The standard InChI is InChI=1S/C10H12BrClO/c1-3-9(12)7-4-5-10(13-2)8(11)6-7/h4-6,9H,3H2,1-2H3. The van der Waals surface area contributed by atoms with Crippen molar-refractivity contribution in [3.05, 3.63) is 28.2 Å². The summed E-state index contributed by atoms with van der Waals surface area (Å²) in [5.74, 6) is 0.837. The third kappa shape index (κ3) is 2.61. The van der Waals surface area contributed by atoms with Crippen LogP contribution in [0.15, 0.2) is 22.7 Å². The van der Waals surface area contributed by atoms with Gasteiger partial charge in [0.25, 0.3) is 0 Å². The van der Waals surface area contributed by atoms with E-state index < -0.39 is 0 Å². The highest BCUT2D eigenvalue weighted by Gasteiger charge is 2.07. The molecular weight excluding hydrogens is 251 g/mol. The first-order valence-corrected chi connectivity index (χ1v) is 5.39. The summed E-state index contributed by atoms with van der Waals surface area (Å²) < 4.78 is 6.07. The zero-order chi connectivity index (χ0) is 9.84. The first kappa shape index (κ1) is 10.9. The summed E-state index contributed by atoms with van der Waals surface area (Å²) in [5.41, 5.74) is 1.12. The van der Waals surface area contributed by atoms with Crippen LogP contribution in [0, 0.1) is 0 Å². The highest BCUT2D eigenvalue weighted by atomic mass is 79.9. The molecule has 13 heavy (non-hydrogen) atoms. The molecule has 0 amide bonds. The third-order valence-electron chi connectivity index (χ3n) is 1.90. The van der Waals surface area contributed by atoms with Gasteiger partial charge in [0.05, 0.1) is 17.0 Å². The molecule has 0 N–H and O–H groups in total. The maximum absolute atomic E-state index is 6.10. The minimum absolute atomic E-state index is 0.0854. The normalized spacial score (nSPS) is 12.6. The van der Waals surface area contributed by atoms with Gasteiger partial charge in [-0.25, -0.2) is 0 Å². The molecule has 72 valence electrons. The Labute approximate surface area is 92.2 Å². The van der Waals surface area contributed by atoms with Crippen LogP contribution in [0.5, 0.6) is 5.75 Å². The van der Waals surface area contributed by atoms with Gasteiger partial charge in [-0.05, 0) is 40.0 Å². The monoisotopic (exact) mass is 262 g/mol. The van der Waals surface area contributed by atoms with Crippen molar-refractivity contribution in [3.8, 4) is 5.75 Å². The van der Waals surface area contributed by atoms with Crippen LogP contribution in [0.2, 0.25) is 0 Å². The molecule has 0 saturated carbocycles. The van der Waals surface area contributed by atoms with E-state index in [1.807, 2.05) is 18.2 Å². The topological polar surface area (TPSA) is 9.23 Å². The number of rotatable bonds is 3. The summed E-state index contributed by atoms with van der Waals surface area (Å²) in [6.45, 7) is 2.07. The predicted molar refractivity (Wildman–Crippen MR) is 59.6 cm³/mol. The van der Waals surface area contributed by atoms with Crippen LogP contribution in [-0.2, 0) is 0 Å². The van der Waals surface area contributed by atoms with Gasteiger partial charge in [0.2, 0.25) is 0 Å². The van der Waals surface area contributed by atoms with Crippen LogP contribution in [0.3, 0.4) is 0 Å². The van der Waals surface area contributed by atoms with E-state index >= 15 is 0 Å².